The summed E-state index contributed by atoms with van der Waals surface area (Å²) in [4.78, 5) is 13.5. The minimum atomic E-state index is -3.01. The molecule has 0 saturated carbocycles. The Morgan fingerprint density at radius 1 is 1.22 bits per heavy atom. The molecule has 2 heterocycles. The summed E-state index contributed by atoms with van der Waals surface area (Å²) in [6.07, 6.45) is 0. The van der Waals surface area contributed by atoms with Gasteiger partial charge in [-0.25, -0.2) is 13.2 Å². The van der Waals surface area contributed by atoms with E-state index in [1.54, 1.807) is 4.90 Å². The summed E-state index contributed by atoms with van der Waals surface area (Å²) in [5, 5.41) is 2.75. The zero-order valence-corrected chi connectivity index (χ0v) is 10.6. The molecule has 2 unspecified atom stereocenters. The van der Waals surface area contributed by atoms with Gasteiger partial charge in [-0.2, -0.15) is 0 Å². The summed E-state index contributed by atoms with van der Waals surface area (Å²) in [5.41, 5.74) is 1.01. The van der Waals surface area contributed by atoms with E-state index in [1.807, 2.05) is 30.3 Å². The number of carbonyl (C=O) groups excluding carboxylic acids is 1. The van der Waals surface area contributed by atoms with E-state index in [4.69, 9.17) is 0 Å². The largest absolute Gasteiger partial charge is 0.332 e. The Morgan fingerprint density at radius 2 is 1.94 bits per heavy atom. The third-order valence-corrected chi connectivity index (χ3v) is 5.20. The maximum atomic E-state index is 11.8. The van der Waals surface area contributed by atoms with Crippen LogP contribution in [0.25, 0.3) is 0 Å². The monoisotopic (exact) mass is 266 g/mol. The number of nitrogens with zero attached hydrogens (tertiary/aromatic N) is 1. The van der Waals surface area contributed by atoms with E-state index in [0.29, 0.717) is 6.54 Å². The van der Waals surface area contributed by atoms with Crippen LogP contribution < -0.4 is 5.32 Å². The maximum absolute atomic E-state index is 11.8. The first-order valence-electron chi connectivity index (χ1n) is 5.87. The standard InChI is InChI=1S/C12H14N2O3S/c15-12-13-10-7-18(16,17)8-11(10)14(12)6-9-4-2-1-3-5-9/h1-5,10-11H,6-8H2,(H,13,15). The third kappa shape index (κ3) is 1.96. The SMILES string of the molecule is O=C1NC2CS(=O)(=O)CC2N1Cc1ccccc1. The molecule has 1 aromatic carbocycles. The predicted molar refractivity (Wildman–Crippen MR) is 66.7 cm³/mol. The first-order valence-corrected chi connectivity index (χ1v) is 7.69. The summed E-state index contributed by atoms with van der Waals surface area (Å²) in [5.74, 6) is 0.137. The molecule has 0 bridgehead atoms. The molecule has 2 saturated heterocycles. The zero-order valence-electron chi connectivity index (χ0n) is 9.74. The fourth-order valence-electron chi connectivity index (χ4n) is 2.64. The van der Waals surface area contributed by atoms with Gasteiger partial charge in [0.05, 0.1) is 23.6 Å². The third-order valence-electron chi connectivity index (χ3n) is 3.49. The molecule has 2 aliphatic rings. The van der Waals surface area contributed by atoms with Crippen molar-refractivity contribution in [3.8, 4) is 0 Å². The highest BCUT2D eigenvalue weighted by Gasteiger charge is 2.48. The first-order chi connectivity index (χ1) is 8.55. The Kier molecular flexibility index (Phi) is 2.55. The summed E-state index contributed by atoms with van der Waals surface area (Å²) in [7, 11) is -3.01. The average molecular weight is 266 g/mol. The fourth-order valence-corrected chi connectivity index (χ4v) is 4.56. The summed E-state index contributed by atoms with van der Waals surface area (Å²) in [6.45, 7) is 0.462. The van der Waals surface area contributed by atoms with E-state index in [2.05, 4.69) is 5.32 Å². The highest BCUT2D eigenvalue weighted by atomic mass is 32.2. The van der Waals surface area contributed by atoms with Gasteiger partial charge >= 0.3 is 6.03 Å². The topological polar surface area (TPSA) is 66.5 Å². The molecule has 1 aromatic rings. The number of amides is 2. The van der Waals surface area contributed by atoms with E-state index in [0.717, 1.165) is 5.56 Å². The van der Waals surface area contributed by atoms with Gasteiger partial charge in [0.2, 0.25) is 0 Å². The van der Waals surface area contributed by atoms with E-state index in [1.165, 1.54) is 0 Å². The van der Waals surface area contributed by atoms with Gasteiger partial charge in [0.15, 0.2) is 9.84 Å². The van der Waals surface area contributed by atoms with E-state index in [9.17, 15) is 13.2 Å². The number of carbonyl (C=O) groups is 1. The van der Waals surface area contributed by atoms with Crippen LogP contribution in [0.3, 0.4) is 0 Å². The molecule has 1 N–H and O–H groups in total. The van der Waals surface area contributed by atoms with E-state index >= 15 is 0 Å². The number of nitrogens with one attached hydrogen (secondary N) is 1. The number of hydrogen-bond acceptors (Lipinski definition) is 3. The molecule has 6 heteroatoms. The van der Waals surface area contributed by atoms with Gasteiger partial charge in [-0.1, -0.05) is 30.3 Å². The number of hydrogen-bond donors (Lipinski definition) is 1. The number of urea groups is 1. The highest BCUT2D eigenvalue weighted by Crippen LogP contribution is 2.25. The van der Waals surface area contributed by atoms with Crippen molar-refractivity contribution in [2.45, 2.75) is 18.6 Å². The Morgan fingerprint density at radius 3 is 2.67 bits per heavy atom. The van der Waals surface area contributed by atoms with Gasteiger partial charge in [-0.15, -0.1) is 0 Å². The summed E-state index contributed by atoms with van der Waals surface area (Å²) >= 11 is 0. The van der Waals surface area contributed by atoms with E-state index in [-0.39, 0.29) is 29.6 Å². The van der Waals surface area contributed by atoms with Crippen molar-refractivity contribution in [3.63, 3.8) is 0 Å². The van der Waals surface area contributed by atoms with E-state index < -0.39 is 9.84 Å². The van der Waals surface area contributed by atoms with Crippen LogP contribution in [0.2, 0.25) is 0 Å². The molecule has 0 spiro atoms. The molecule has 2 fully saturated rings. The lowest BCUT2D eigenvalue weighted by Crippen LogP contribution is -2.36. The molecular formula is C12H14N2O3S. The van der Waals surface area contributed by atoms with Crippen molar-refractivity contribution in [2.75, 3.05) is 11.5 Å². The first kappa shape index (κ1) is 11.5. The molecule has 18 heavy (non-hydrogen) atoms. The molecule has 0 aromatic heterocycles. The number of fused-ring (bicyclic) bond motifs is 1. The molecule has 0 radical (unpaired) electrons. The number of rotatable bonds is 2. The second-order valence-electron chi connectivity index (χ2n) is 4.81. The van der Waals surface area contributed by atoms with Crippen LogP contribution in [-0.4, -0.2) is 42.9 Å². The minimum absolute atomic E-state index is 0.0642. The quantitative estimate of drug-likeness (QED) is 0.787. The van der Waals surface area contributed by atoms with Gasteiger partial charge < -0.3 is 10.2 Å². The van der Waals surface area contributed by atoms with Crippen molar-refractivity contribution in [1.29, 1.82) is 0 Å². The van der Waals surface area contributed by atoms with Gasteiger partial charge in [0.25, 0.3) is 0 Å². The lowest BCUT2D eigenvalue weighted by Gasteiger charge is -2.21. The lowest BCUT2D eigenvalue weighted by atomic mass is 10.1. The fraction of sp³-hybridized carbons (Fsp3) is 0.417. The minimum Gasteiger partial charge on any atom is -0.332 e. The van der Waals surface area contributed by atoms with Crippen LogP contribution in [0.4, 0.5) is 4.79 Å². The second kappa shape index (κ2) is 3.98. The van der Waals surface area contributed by atoms with Gasteiger partial charge in [0.1, 0.15) is 0 Å². The molecule has 3 rings (SSSR count). The Balaban J connectivity index is 1.82. The van der Waals surface area contributed by atoms with Crippen LogP contribution >= 0.6 is 0 Å². The molecule has 2 atom stereocenters. The second-order valence-corrected chi connectivity index (χ2v) is 6.97. The van der Waals surface area contributed by atoms with Gasteiger partial charge in [0, 0.05) is 6.54 Å². The van der Waals surface area contributed by atoms with Crippen LogP contribution in [0.5, 0.6) is 0 Å². The summed E-state index contributed by atoms with van der Waals surface area (Å²) in [6, 6.07) is 8.97. The van der Waals surface area contributed by atoms with Crippen molar-refractivity contribution in [3.05, 3.63) is 35.9 Å². The van der Waals surface area contributed by atoms with Crippen molar-refractivity contribution < 1.29 is 13.2 Å². The zero-order chi connectivity index (χ0) is 12.8. The number of sulfone groups is 1. The Hall–Kier alpha value is -1.56. The Bertz CT molecular complexity index is 570. The Labute approximate surface area is 106 Å². The van der Waals surface area contributed by atoms with Gasteiger partial charge in [-0.3, -0.25) is 0 Å². The van der Waals surface area contributed by atoms with Crippen LogP contribution in [-0.2, 0) is 16.4 Å². The number of benzene rings is 1. The van der Waals surface area contributed by atoms with Gasteiger partial charge in [-0.05, 0) is 5.56 Å². The van der Waals surface area contributed by atoms with Crippen LogP contribution in [0, 0.1) is 0 Å². The molecule has 2 aliphatic heterocycles. The predicted octanol–water partition coefficient (Wildman–Crippen LogP) is 0.377. The van der Waals surface area contributed by atoms with Crippen molar-refractivity contribution >= 4 is 15.9 Å². The average Bonchev–Trinajstić information content (AvgIpc) is 2.74. The van der Waals surface area contributed by atoms with Crippen molar-refractivity contribution in [2.24, 2.45) is 0 Å². The maximum Gasteiger partial charge on any atom is 0.318 e. The van der Waals surface area contributed by atoms with Crippen LogP contribution in [0.15, 0.2) is 30.3 Å². The molecule has 96 valence electrons. The summed E-state index contributed by atoms with van der Waals surface area (Å²) < 4.78 is 23.1. The molecular weight excluding hydrogens is 252 g/mol. The molecule has 2 amide bonds. The lowest BCUT2D eigenvalue weighted by molar-refractivity contribution is 0.204. The van der Waals surface area contributed by atoms with Crippen molar-refractivity contribution in [1.82, 2.24) is 10.2 Å². The van der Waals surface area contributed by atoms with Crippen LogP contribution in [0.1, 0.15) is 5.56 Å². The highest BCUT2D eigenvalue weighted by molar-refractivity contribution is 7.91. The normalized spacial score (nSPS) is 29.1. The smallest absolute Gasteiger partial charge is 0.318 e. The molecule has 0 aliphatic carbocycles. The molecule has 5 nitrogen and oxygen atoms in total.